The number of nitrogens with one attached hydrogen (secondary N) is 1. The zero-order valence-electron chi connectivity index (χ0n) is 14.1. The highest BCUT2D eigenvalue weighted by atomic mass is 19.4. The molecule has 138 valence electrons. The van der Waals surface area contributed by atoms with Crippen molar-refractivity contribution >= 4 is 11.8 Å². The van der Waals surface area contributed by atoms with Gasteiger partial charge >= 0.3 is 12.1 Å². The third-order valence-corrected chi connectivity index (χ3v) is 4.57. The Morgan fingerprint density at radius 2 is 1.92 bits per heavy atom. The van der Waals surface area contributed by atoms with Crippen LogP contribution >= 0.6 is 0 Å². The van der Waals surface area contributed by atoms with Crippen molar-refractivity contribution in [2.75, 3.05) is 12.4 Å². The van der Waals surface area contributed by atoms with Crippen LogP contribution in [-0.4, -0.2) is 29.3 Å². The Balaban J connectivity index is 1.80. The number of alkyl halides is 3. The molecule has 2 unspecified atom stereocenters. The summed E-state index contributed by atoms with van der Waals surface area (Å²) >= 11 is 0. The molecule has 0 saturated heterocycles. The first-order chi connectivity index (χ1) is 12.4. The van der Waals surface area contributed by atoms with Crippen molar-refractivity contribution in [3.05, 3.63) is 53.2 Å². The predicted octanol–water partition coefficient (Wildman–Crippen LogP) is 4.03. The molecule has 1 heterocycles. The lowest BCUT2D eigenvalue weighted by atomic mass is 9.90. The molecule has 2 aromatic rings. The number of rotatable bonds is 4. The first-order valence-electron chi connectivity index (χ1n) is 8.25. The van der Waals surface area contributed by atoms with E-state index >= 15 is 0 Å². The molecule has 1 fully saturated rings. The van der Waals surface area contributed by atoms with Gasteiger partial charge in [-0.25, -0.2) is 4.79 Å². The van der Waals surface area contributed by atoms with Crippen LogP contribution in [0.1, 0.15) is 46.8 Å². The number of carbonyl (C=O) groups excluding carboxylic acids is 1. The molecule has 1 aliphatic carbocycles. The number of anilines is 1. The SMILES string of the molecule is COC(=O)c1ccc(NC2CCCC2c2ccccc2C(F)(F)F)nn1. The van der Waals surface area contributed by atoms with Gasteiger partial charge < -0.3 is 10.1 Å². The number of nitrogens with zero attached hydrogens (tertiary/aromatic N) is 2. The lowest BCUT2D eigenvalue weighted by Gasteiger charge is -2.24. The van der Waals surface area contributed by atoms with Crippen molar-refractivity contribution < 1.29 is 22.7 Å². The molecule has 3 rings (SSSR count). The molecule has 2 atom stereocenters. The van der Waals surface area contributed by atoms with E-state index in [1.807, 2.05) is 0 Å². The van der Waals surface area contributed by atoms with Crippen LogP contribution in [0.4, 0.5) is 19.0 Å². The van der Waals surface area contributed by atoms with Crippen molar-refractivity contribution in [1.29, 1.82) is 0 Å². The van der Waals surface area contributed by atoms with Gasteiger partial charge in [-0.15, -0.1) is 10.2 Å². The molecule has 1 aromatic heterocycles. The van der Waals surface area contributed by atoms with E-state index in [1.54, 1.807) is 18.2 Å². The van der Waals surface area contributed by atoms with Crippen LogP contribution in [0.2, 0.25) is 0 Å². The fraction of sp³-hybridized carbons (Fsp3) is 0.389. The average molecular weight is 365 g/mol. The van der Waals surface area contributed by atoms with Crippen LogP contribution in [0, 0.1) is 0 Å². The number of ether oxygens (including phenoxy) is 1. The number of benzene rings is 1. The summed E-state index contributed by atoms with van der Waals surface area (Å²) in [5.41, 5.74) is -0.219. The van der Waals surface area contributed by atoms with Crippen LogP contribution in [0.15, 0.2) is 36.4 Å². The summed E-state index contributed by atoms with van der Waals surface area (Å²) in [6.45, 7) is 0. The fourth-order valence-corrected chi connectivity index (χ4v) is 3.40. The minimum absolute atomic E-state index is 0.0726. The van der Waals surface area contributed by atoms with Crippen LogP contribution < -0.4 is 5.32 Å². The number of esters is 1. The van der Waals surface area contributed by atoms with E-state index in [2.05, 4.69) is 20.3 Å². The molecule has 1 N–H and O–H groups in total. The Bertz CT molecular complexity index is 778. The van der Waals surface area contributed by atoms with Crippen molar-refractivity contribution in [1.82, 2.24) is 10.2 Å². The summed E-state index contributed by atoms with van der Waals surface area (Å²) in [5.74, 6) is -0.448. The summed E-state index contributed by atoms with van der Waals surface area (Å²) in [6, 6.07) is 8.55. The van der Waals surface area contributed by atoms with Crippen molar-refractivity contribution in [3.63, 3.8) is 0 Å². The van der Waals surface area contributed by atoms with Gasteiger partial charge in [0, 0.05) is 12.0 Å². The number of carbonyl (C=O) groups is 1. The summed E-state index contributed by atoms with van der Waals surface area (Å²) in [7, 11) is 1.25. The number of methoxy groups -OCH3 is 1. The number of hydrogen-bond acceptors (Lipinski definition) is 5. The standard InChI is InChI=1S/C18H18F3N3O2/c1-26-17(25)15-9-10-16(24-23-15)22-14-8-4-6-12(14)11-5-2-3-7-13(11)18(19,20)21/h2-3,5,7,9-10,12,14H,4,6,8H2,1H3,(H,22,24). The van der Waals surface area contributed by atoms with Crippen molar-refractivity contribution in [2.45, 2.75) is 37.4 Å². The van der Waals surface area contributed by atoms with Crippen molar-refractivity contribution in [2.24, 2.45) is 0 Å². The molecular weight excluding hydrogens is 347 g/mol. The van der Waals surface area contributed by atoms with Gasteiger partial charge in [0.2, 0.25) is 0 Å². The number of hydrogen-bond donors (Lipinski definition) is 1. The Morgan fingerprint density at radius 1 is 1.15 bits per heavy atom. The molecule has 0 spiro atoms. The largest absolute Gasteiger partial charge is 0.464 e. The molecule has 1 aliphatic rings. The van der Waals surface area contributed by atoms with Crippen LogP contribution in [0.3, 0.4) is 0 Å². The summed E-state index contributed by atoms with van der Waals surface area (Å²) in [6.07, 6.45) is -2.16. The van der Waals surface area contributed by atoms with E-state index in [-0.39, 0.29) is 17.7 Å². The maximum absolute atomic E-state index is 13.3. The van der Waals surface area contributed by atoms with Gasteiger partial charge in [0.15, 0.2) is 5.69 Å². The van der Waals surface area contributed by atoms with Crippen LogP contribution in [-0.2, 0) is 10.9 Å². The smallest absolute Gasteiger partial charge is 0.416 e. The van der Waals surface area contributed by atoms with E-state index in [0.29, 0.717) is 17.8 Å². The third-order valence-electron chi connectivity index (χ3n) is 4.57. The molecule has 0 bridgehead atoms. The zero-order chi connectivity index (χ0) is 18.7. The number of aromatic nitrogens is 2. The third kappa shape index (κ3) is 3.79. The average Bonchev–Trinajstić information content (AvgIpc) is 3.09. The molecule has 0 amide bonds. The van der Waals surface area contributed by atoms with E-state index in [4.69, 9.17) is 0 Å². The second-order valence-corrected chi connectivity index (χ2v) is 6.17. The molecule has 1 aromatic carbocycles. The fourth-order valence-electron chi connectivity index (χ4n) is 3.40. The minimum Gasteiger partial charge on any atom is -0.464 e. The van der Waals surface area contributed by atoms with Gasteiger partial charge in [0.1, 0.15) is 5.82 Å². The van der Waals surface area contributed by atoms with Crippen LogP contribution in [0.25, 0.3) is 0 Å². The topological polar surface area (TPSA) is 64.1 Å². The minimum atomic E-state index is -4.38. The zero-order valence-corrected chi connectivity index (χ0v) is 14.1. The summed E-state index contributed by atoms with van der Waals surface area (Å²) < 4.78 is 44.5. The van der Waals surface area contributed by atoms with Crippen LogP contribution in [0.5, 0.6) is 0 Å². The van der Waals surface area contributed by atoms with Gasteiger partial charge in [-0.1, -0.05) is 24.6 Å². The second kappa shape index (κ2) is 7.31. The Labute approximate surface area is 148 Å². The predicted molar refractivity (Wildman–Crippen MR) is 88.8 cm³/mol. The number of halogens is 3. The van der Waals surface area contributed by atoms with Gasteiger partial charge in [0.25, 0.3) is 0 Å². The highest BCUT2D eigenvalue weighted by Crippen LogP contribution is 2.42. The van der Waals surface area contributed by atoms with Gasteiger partial charge in [0.05, 0.1) is 12.7 Å². The van der Waals surface area contributed by atoms with Gasteiger partial charge in [-0.05, 0) is 36.6 Å². The van der Waals surface area contributed by atoms with Crippen molar-refractivity contribution in [3.8, 4) is 0 Å². The Morgan fingerprint density at radius 3 is 2.58 bits per heavy atom. The first kappa shape index (κ1) is 18.2. The molecule has 26 heavy (non-hydrogen) atoms. The molecule has 8 heteroatoms. The Hall–Kier alpha value is -2.64. The van der Waals surface area contributed by atoms with E-state index in [9.17, 15) is 18.0 Å². The molecule has 0 radical (unpaired) electrons. The molecule has 0 aliphatic heterocycles. The maximum atomic E-state index is 13.3. The monoisotopic (exact) mass is 365 g/mol. The second-order valence-electron chi connectivity index (χ2n) is 6.17. The van der Waals surface area contributed by atoms with E-state index < -0.39 is 17.7 Å². The summed E-state index contributed by atoms with van der Waals surface area (Å²) in [5, 5.41) is 10.9. The molecule has 5 nitrogen and oxygen atoms in total. The normalized spacial score (nSPS) is 20.0. The summed E-state index contributed by atoms with van der Waals surface area (Å²) in [4.78, 5) is 11.4. The quantitative estimate of drug-likeness (QED) is 0.829. The molecule has 1 saturated carbocycles. The van der Waals surface area contributed by atoms with Gasteiger partial charge in [-0.3, -0.25) is 0 Å². The first-order valence-corrected chi connectivity index (χ1v) is 8.25. The highest BCUT2D eigenvalue weighted by molar-refractivity contribution is 5.86. The lowest BCUT2D eigenvalue weighted by molar-refractivity contribution is -0.138. The molecular formula is C18H18F3N3O2. The maximum Gasteiger partial charge on any atom is 0.416 e. The van der Waals surface area contributed by atoms with Gasteiger partial charge in [-0.2, -0.15) is 13.2 Å². The lowest BCUT2D eigenvalue weighted by Crippen LogP contribution is -2.25. The highest BCUT2D eigenvalue weighted by Gasteiger charge is 2.38. The van der Waals surface area contributed by atoms with E-state index in [0.717, 1.165) is 18.9 Å². The van der Waals surface area contributed by atoms with E-state index in [1.165, 1.54) is 19.2 Å². The Kier molecular flexibility index (Phi) is 5.11.